The summed E-state index contributed by atoms with van der Waals surface area (Å²) in [4.78, 5) is 24.9. The van der Waals surface area contributed by atoms with E-state index in [1.807, 2.05) is 31.6 Å². The second-order valence-corrected chi connectivity index (χ2v) is 5.21. The molecule has 0 aromatic carbocycles. The van der Waals surface area contributed by atoms with Crippen molar-refractivity contribution >= 4 is 11.9 Å². The van der Waals surface area contributed by atoms with Gasteiger partial charge in [0.15, 0.2) is 0 Å². The highest BCUT2D eigenvalue weighted by Crippen LogP contribution is 2.12. The topological polar surface area (TPSA) is 93.2 Å². The Morgan fingerprint density at radius 3 is 2.57 bits per heavy atom. The minimum Gasteiger partial charge on any atom is -0.480 e. The molecule has 8 nitrogen and oxygen atoms in total. The SMILES string of the molecule is CCN(Cc1cn(CC)nc1C)C(=O)c1ccn(CC(=O)O)n1. The van der Waals surface area contributed by atoms with Crippen LogP contribution in [0.1, 0.15) is 35.6 Å². The number of hydrogen-bond donors (Lipinski definition) is 1. The minimum absolute atomic E-state index is 0.222. The van der Waals surface area contributed by atoms with Crippen LogP contribution < -0.4 is 0 Å². The monoisotopic (exact) mass is 319 g/mol. The molecule has 1 amide bonds. The van der Waals surface area contributed by atoms with Crippen molar-refractivity contribution < 1.29 is 14.7 Å². The van der Waals surface area contributed by atoms with Gasteiger partial charge in [0.2, 0.25) is 0 Å². The second-order valence-electron chi connectivity index (χ2n) is 5.21. The summed E-state index contributed by atoms with van der Waals surface area (Å²) in [7, 11) is 0. The molecule has 2 aromatic rings. The highest BCUT2D eigenvalue weighted by Gasteiger charge is 2.19. The summed E-state index contributed by atoms with van der Waals surface area (Å²) in [5.41, 5.74) is 2.13. The van der Waals surface area contributed by atoms with Crippen molar-refractivity contribution in [3.8, 4) is 0 Å². The molecule has 2 heterocycles. The van der Waals surface area contributed by atoms with E-state index < -0.39 is 5.97 Å². The van der Waals surface area contributed by atoms with Crippen molar-refractivity contribution in [3.05, 3.63) is 35.4 Å². The molecule has 0 atom stereocenters. The van der Waals surface area contributed by atoms with E-state index in [1.165, 1.54) is 16.9 Å². The number of hydrogen-bond acceptors (Lipinski definition) is 4. The summed E-state index contributed by atoms with van der Waals surface area (Å²) < 4.78 is 3.08. The van der Waals surface area contributed by atoms with E-state index in [0.717, 1.165) is 17.8 Å². The molecule has 0 aliphatic rings. The number of aromatic nitrogens is 4. The van der Waals surface area contributed by atoms with Crippen LogP contribution in [0, 0.1) is 6.92 Å². The molecule has 0 aliphatic heterocycles. The van der Waals surface area contributed by atoms with Crippen LogP contribution >= 0.6 is 0 Å². The molecule has 0 saturated heterocycles. The smallest absolute Gasteiger partial charge is 0.325 e. The zero-order chi connectivity index (χ0) is 17.0. The van der Waals surface area contributed by atoms with Gasteiger partial charge in [0, 0.05) is 37.6 Å². The summed E-state index contributed by atoms with van der Waals surface area (Å²) in [5, 5.41) is 17.2. The predicted molar refractivity (Wildman–Crippen MR) is 82.9 cm³/mol. The zero-order valence-electron chi connectivity index (χ0n) is 13.6. The van der Waals surface area contributed by atoms with Crippen LogP contribution in [-0.2, 0) is 24.4 Å². The molecular weight excluding hydrogens is 298 g/mol. The third kappa shape index (κ3) is 3.97. The van der Waals surface area contributed by atoms with Gasteiger partial charge in [0.05, 0.1) is 5.69 Å². The fourth-order valence-electron chi connectivity index (χ4n) is 2.27. The van der Waals surface area contributed by atoms with E-state index in [-0.39, 0.29) is 18.1 Å². The molecule has 0 unspecified atom stereocenters. The molecule has 2 rings (SSSR count). The van der Waals surface area contributed by atoms with Crippen molar-refractivity contribution in [2.45, 2.75) is 40.4 Å². The fraction of sp³-hybridized carbons (Fsp3) is 0.467. The van der Waals surface area contributed by atoms with Gasteiger partial charge in [0.25, 0.3) is 5.91 Å². The minimum atomic E-state index is -0.998. The van der Waals surface area contributed by atoms with Crippen molar-refractivity contribution in [3.63, 3.8) is 0 Å². The Morgan fingerprint density at radius 1 is 1.26 bits per heavy atom. The van der Waals surface area contributed by atoms with E-state index in [2.05, 4.69) is 10.2 Å². The van der Waals surface area contributed by atoms with Crippen LogP contribution in [0.5, 0.6) is 0 Å². The summed E-state index contributed by atoms with van der Waals surface area (Å²) in [6.07, 6.45) is 3.43. The van der Waals surface area contributed by atoms with E-state index in [1.54, 1.807) is 4.90 Å². The number of carboxylic acid groups (broad SMARTS) is 1. The zero-order valence-corrected chi connectivity index (χ0v) is 13.6. The van der Waals surface area contributed by atoms with Gasteiger partial charge < -0.3 is 10.0 Å². The third-order valence-electron chi connectivity index (χ3n) is 3.56. The predicted octanol–water partition coefficient (Wildman–Crippen LogP) is 1.15. The lowest BCUT2D eigenvalue weighted by Crippen LogP contribution is -2.31. The molecule has 0 aliphatic carbocycles. The average Bonchev–Trinajstić information content (AvgIpc) is 3.10. The molecule has 23 heavy (non-hydrogen) atoms. The molecule has 0 radical (unpaired) electrons. The standard InChI is InChI=1S/C15H21N5O3/c1-4-18(8-12-9-19(5-2)16-11(12)3)15(23)13-6-7-20(17-13)10-14(21)22/h6-7,9H,4-5,8,10H2,1-3H3,(H,21,22). The van der Waals surface area contributed by atoms with Crippen LogP contribution in [0.15, 0.2) is 18.5 Å². The van der Waals surface area contributed by atoms with Gasteiger partial charge in [-0.1, -0.05) is 0 Å². The molecule has 0 bridgehead atoms. The van der Waals surface area contributed by atoms with E-state index >= 15 is 0 Å². The molecule has 124 valence electrons. The number of aliphatic carboxylic acids is 1. The number of amides is 1. The summed E-state index contributed by atoms with van der Waals surface area (Å²) in [6, 6.07) is 1.54. The average molecular weight is 319 g/mol. The maximum absolute atomic E-state index is 12.5. The molecule has 8 heteroatoms. The van der Waals surface area contributed by atoms with Crippen LogP contribution in [0.25, 0.3) is 0 Å². The number of carbonyl (C=O) groups is 2. The number of nitrogens with zero attached hydrogens (tertiary/aromatic N) is 5. The number of carboxylic acids is 1. The Hall–Kier alpha value is -2.64. The van der Waals surface area contributed by atoms with Gasteiger partial charge in [0.1, 0.15) is 12.2 Å². The highest BCUT2D eigenvalue weighted by molar-refractivity contribution is 5.92. The lowest BCUT2D eigenvalue weighted by Gasteiger charge is -2.19. The van der Waals surface area contributed by atoms with Crippen LogP contribution in [0.4, 0.5) is 0 Å². The van der Waals surface area contributed by atoms with Crippen LogP contribution in [0.2, 0.25) is 0 Å². The lowest BCUT2D eigenvalue weighted by molar-refractivity contribution is -0.137. The van der Waals surface area contributed by atoms with Crippen molar-refractivity contribution in [1.29, 1.82) is 0 Å². The Balaban J connectivity index is 2.13. The highest BCUT2D eigenvalue weighted by atomic mass is 16.4. The van der Waals surface area contributed by atoms with Crippen LogP contribution in [0.3, 0.4) is 0 Å². The molecule has 0 spiro atoms. The van der Waals surface area contributed by atoms with Gasteiger partial charge >= 0.3 is 5.97 Å². The summed E-state index contributed by atoms with van der Waals surface area (Å²) in [6.45, 7) is 7.32. The first-order valence-corrected chi connectivity index (χ1v) is 7.52. The third-order valence-corrected chi connectivity index (χ3v) is 3.56. The van der Waals surface area contributed by atoms with Gasteiger partial charge in [-0.15, -0.1) is 0 Å². The Bertz CT molecular complexity index is 704. The molecule has 2 aromatic heterocycles. The quantitative estimate of drug-likeness (QED) is 0.826. The van der Waals surface area contributed by atoms with Crippen molar-refractivity contribution in [2.75, 3.05) is 6.54 Å². The Morgan fingerprint density at radius 2 is 2.00 bits per heavy atom. The Kier molecular flexibility index (Phi) is 5.15. The van der Waals surface area contributed by atoms with Gasteiger partial charge in [-0.25, -0.2) is 0 Å². The number of aryl methyl sites for hydroxylation is 2. The summed E-state index contributed by atoms with van der Waals surface area (Å²) in [5.74, 6) is -1.22. The lowest BCUT2D eigenvalue weighted by atomic mass is 10.2. The maximum Gasteiger partial charge on any atom is 0.325 e. The van der Waals surface area contributed by atoms with Gasteiger partial charge in [-0.3, -0.25) is 19.0 Å². The molecule has 0 saturated carbocycles. The van der Waals surface area contributed by atoms with E-state index in [0.29, 0.717) is 13.1 Å². The maximum atomic E-state index is 12.5. The van der Waals surface area contributed by atoms with Crippen LogP contribution in [-0.4, -0.2) is 48.0 Å². The van der Waals surface area contributed by atoms with E-state index in [4.69, 9.17) is 5.11 Å². The second kappa shape index (κ2) is 7.08. The first-order valence-electron chi connectivity index (χ1n) is 7.52. The largest absolute Gasteiger partial charge is 0.480 e. The van der Waals surface area contributed by atoms with E-state index in [9.17, 15) is 9.59 Å². The normalized spacial score (nSPS) is 10.7. The summed E-state index contributed by atoms with van der Waals surface area (Å²) >= 11 is 0. The van der Waals surface area contributed by atoms with Gasteiger partial charge in [-0.2, -0.15) is 10.2 Å². The number of carbonyl (C=O) groups excluding carboxylic acids is 1. The molecule has 1 N–H and O–H groups in total. The Labute approximate surface area is 134 Å². The first kappa shape index (κ1) is 16.7. The molecular formula is C15H21N5O3. The first-order chi connectivity index (χ1) is 10.9. The van der Waals surface area contributed by atoms with Crippen molar-refractivity contribution in [2.24, 2.45) is 0 Å². The fourth-order valence-corrected chi connectivity index (χ4v) is 2.27. The molecule has 0 fully saturated rings. The van der Waals surface area contributed by atoms with Crippen molar-refractivity contribution in [1.82, 2.24) is 24.5 Å². The van der Waals surface area contributed by atoms with Gasteiger partial charge in [-0.05, 0) is 26.8 Å². The number of rotatable bonds is 7.